The van der Waals surface area contributed by atoms with Gasteiger partial charge in [0.15, 0.2) is 5.13 Å². The summed E-state index contributed by atoms with van der Waals surface area (Å²) in [6, 6.07) is 4.82. The Hall–Kier alpha value is -2.30. The fourth-order valence-electron chi connectivity index (χ4n) is 2.85. The predicted molar refractivity (Wildman–Crippen MR) is 108 cm³/mol. The van der Waals surface area contributed by atoms with Gasteiger partial charge in [0.2, 0.25) is 21.8 Å². The van der Waals surface area contributed by atoms with Crippen LogP contribution in [-0.4, -0.2) is 38.8 Å². The van der Waals surface area contributed by atoms with Gasteiger partial charge in [0.25, 0.3) is 0 Å². The van der Waals surface area contributed by atoms with Crippen LogP contribution in [0.3, 0.4) is 0 Å². The lowest BCUT2D eigenvalue weighted by molar-refractivity contribution is -0.119. The number of sulfonamides is 1. The topological polar surface area (TPSA) is 108 Å². The lowest BCUT2D eigenvalue weighted by Crippen LogP contribution is -2.30. The van der Waals surface area contributed by atoms with Gasteiger partial charge in [-0.15, -0.1) is 11.3 Å². The van der Waals surface area contributed by atoms with Crippen LogP contribution < -0.4 is 14.9 Å². The summed E-state index contributed by atoms with van der Waals surface area (Å²) in [5.74, 6) is -0.443. The molecular formula is C18H22N4O4S2. The summed E-state index contributed by atoms with van der Waals surface area (Å²) in [5.41, 5.74) is 2.12. The molecule has 0 unspecified atom stereocenters. The highest BCUT2D eigenvalue weighted by Crippen LogP contribution is 2.31. The molecule has 10 heteroatoms. The van der Waals surface area contributed by atoms with Gasteiger partial charge in [-0.05, 0) is 31.2 Å². The number of amides is 2. The van der Waals surface area contributed by atoms with E-state index in [1.54, 1.807) is 36.3 Å². The molecule has 0 saturated carbocycles. The molecule has 2 N–H and O–H groups in total. The van der Waals surface area contributed by atoms with Crippen molar-refractivity contribution < 1.29 is 18.0 Å². The van der Waals surface area contributed by atoms with E-state index in [1.807, 2.05) is 0 Å². The van der Waals surface area contributed by atoms with Crippen molar-refractivity contribution in [1.82, 2.24) is 9.71 Å². The number of carbonyl (C=O) groups excluding carboxylic acids is 2. The Morgan fingerprint density at radius 1 is 1.32 bits per heavy atom. The molecular weight excluding hydrogens is 400 g/mol. The minimum atomic E-state index is -3.58. The maximum Gasteiger partial charge on any atom is 0.240 e. The van der Waals surface area contributed by atoms with Crippen molar-refractivity contribution >= 4 is 44.0 Å². The van der Waals surface area contributed by atoms with Crippen LogP contribution in [0.15, 0.2) is 28.5 Å². The average Bonchev–Trinajstić information content (AvgIpc) is 3.27. The van der Waals surface area contributed by atoms with Crippen molar-refractivity contribution in [2.24, 2.45) is 5.92 Å². The minimum absolute atomic E-state index is 0.0799. The second-order valence-electron chi connectivity index (χ2n) is 6.76. The Bertz CT molecular complexity index is 1010. The minimum Gasteiger partial charge on any atom is -0.311 e. The van der Waals surface area contributed by atoms with E-state index in [1.165, 1.54) is 24.5 Å². The summed E-state index contributed by atoms with van der Waals surface area (Å²) >= 11 is 1.27. The molecule has 0 saturated heterocycles. The molecule has 0 bridgehead atoms. The number of hydrogen-bond donors (Lipinski definition) is 2. The number of fused-ring (bicyclic) bond motifs is 1. The number of nitrogens with zero attached hydrogens (tertiary/aromatic N) is 2. The standard InChI is InChI=1S/C18H22N4O4S2/c1-11(2)17(24)21-18-20-13(10-27-18)8-16(23)22-7-6-12-4-5-14(9-15(12)22)28(25,26)19-3/h4-5,9-11,19H,6-8H2,1-3H3,(H,20,21,24). The molecule has 1 aromatic heterocycles. The smallest absolute Gasteiger partial charge is 0.240 e. The maximum absolute atomic E-state index is 12.8. The first-order valence-corrected chi connectivity index (χ1v) is 11.2. The van der Waals surface area contributed by atoms with Crippen LogP contribution in [0.4, 0.5) is 10.8 Å². The van der Waals surface area contributed by atoms with Gasteiger partial charge in [0.05, 0.1) is 17.0 Å². The third-order valence-electron chi connectivity index (χ3n) is 4.47. The fraction of sp³-hybridized carbons (Fsp3) is 0.389. The molecule has 0 fully saturated rings. The summed E-state index contributed by atoms with van der Waals surface area (Å²) in [5, 5.41) is 4.93. The van der Waals surface area contributed by atoms with Gasteiger partial charge in [0.1, 0.15) is 0 Å². The van der Waals surface area contributed by atoms with Crippen molar-refractivity contribution in [2.45, 2.75) is 31.6 Å². The van der Waals surface area contributed by atoms with Gasteiger partial charge in [-0.1, -0.05) is 19.9 Å². The van der Waals surface area contributed by atoms with Crippen LogP contribution in [0, 0.1) is 5.92 Å². The lowest BCUT2D eigenvalue weighted by atomic mass is 10.2. The molecule has 0 spiro atoms. The molecule has 1 aliphatic rings. The number of nitrogens with one attached hydrogen (secondary N) is 2. The highest BCUT2D eigenvalue weighted by atomic mass is 32.2. The molecule has 8 nitrogen and oxygen atoms in total. The van der Waals surface area contributed by atoms with Crippen LogP contribution in [-0.2, 0) is 32.5 Å². The van der Waals surface area contributed by atoms with Crippen molar-refractivity contribution in [3.63, 3.8) is 0 Å². The number of benzene rings is 1. The number of hydrogen-bond acceptors (Lipinski definition) is 6. The Kier molecular flexibility index (Phi) is 5.82. The maximum atomic E-state index is 12.8. The van der Waals surface area contributed by atoms with E-state index in [-0.39, 0.29) is 29.0 Å². The zero-order chi connectivity index (χ0) is 20.5. The zero-order valence-electron chi connectivity index (χ0n) is 15.9. The summed E-state index contributed by atoms with van der Waals surface area (Å²) < 4.78 is 26.4. The van der Waals surface area contributed by atoms with Crippen LogP contribution in [0.25, 0.3) is 0 Å². The monoisotopic (exact) mass is 422 g/mol. The first kappa shape index (κ1) is 20.4. The van der Waals surface area contributed by atoms with Crippen molar-refractivity contribution in [3.8, 4) is 0 Å². The Labute approximate surface area is 168 Å². The number of aromatic nitrogens is 1. The van der Waals surface area contributed by atoms with Gasteiger partial charge in [-0.2, -0.15) is 0 Å². The molecule has 150 valence electrons. The van der Waals surface area contributed by atoms with Crippen LogP contribution in [0.5, 0.6) is 0 Å². The highest BCUT2D eigenvalue weighted by Gasteiger charge is 2.27. The first-order valence-electron chi connectivity index (χ1n) is 8.83. The van der Waals surface area contributed by atoms with Gasteiger partial charge >= 0.3 is 0 Å². The zero-order valence-corrected chi connectivity index (χ0v) is 17.5. The van der Waals surface area contributed by atoms with Crippen molar-refractivity contribution in [3.05, 3.63) is 34.8 Å². The largest absolute Gasteiger partial charge is 0.311 e. The molecule has 2 heterocycles. The van der Waals surface area contributed by atoms with E-state index in [2.05, 4.69) is 15.0 Å². The fourth-order valence-corrected chi connectivity index (χ4v) is 4.31. The molecule has 1 aliphatic heterocycles. The van der Waals surface area contributed by atoms with Crippen LogP contribution in [0.1, 0.15) is 25.1 Å². The Morgan fingerprint density at radius 3 is 2.75 bits per heavy atom. The molecule has 2 amide bonds. The first-order chi connectivity index (χ1) is 13.2. The molecule has 0 aliphatic carbocycles. The Morgan fingerprint density at radius 2 is 2.07 bits per heavy atom. The van der Waals surface area contributed by atoms with Gasteiger partial charge in [-0.25, -0.2) is 18.1 Å². The summed E-state index contributed by atoms with van der Waals surface area (Å²) in [6.07, 6.45) is 0.754. The summed E-state index contributed by atoms with van der Waals surface area (Å²) in [6.45, 7) is 4.08. The third-order valence-corrected chi connectivity index (χ3v) is 6.69. The third kappa shape index (κ3) is 4.23. The molecule has 2 aromatic rings. The molecule has 3 rings (SSSR count). The molecule has 0 radical (unpaired) electrons. The summed E-state index contributed by atoms with van der Waals surface area (Å²) in [7, 11) is -2.23. The average molecular weight is 423 g/mol. The van der Waals surface area contributed by atoms with Crippen LogP contribution >= 0.6 is 11.3 Å². The lowest BCUT2D eigenvalue weighted by Gasteiger charge is -2.17. The second kappa shape index (κ2) is 7.98. The van der Waals surface area contributed by atoms with Gasteiger partial charge in [-0.3, -0.25) is 9.59 Å². The molecule has 28 heavy (non-hydrogen) atoms. The van der Waals surface area contributed by atoms with E-state index in [9.17, 15) is 18.0 Å². The number of carbonyl (C=O) groups is 2. The number of rotatable bonds is 6. The Balaban J connectivity index is 1.75. The normalized spacial score (nSPS) is 13.6. The quantitative estimate of drug-likeness (QED) is 0.738. The van der Waals surface area contributed by atoms with E-state index in [4.69, 9.17) is 0 Å². The molecule has 1 aromatic carbocycles. The number of thiazole rings is 1. The highest BCUT2D eigenvalue weighted by molar-refractivity contribution is 7.89. The van der Waals surface area contributed by atoms with E-state index in [0.29, 0.717) is 29.5 Å². The predicted octanol–water partition coefficient (Wildman–Crippen LogP) is 1.78. The van der Waals surface area contributed by atoms with Gasteiger partial charge in [0, 0.05) is 23.5 Å². The van der Waals surface area contributed by atoms with Crippen LogP contribution in [0.2, 0.25) is 0 Å². The van der Waals surface area contributed by atoms with Crippen molar-refractivity contribution in [1.29, 1.82) is 0 Å². The van der Waals surface area contributed by atoms with E-state index in [0.717, 1.165) is 5.56 Å². The SMILES string of the molecule is CNS(=O)(=O)c1ccc2c(c1)N(C(=O)Cc1csc(NC(=O)C(C)C)n1)CC2. The van der Waals surface area contributed by atoms with Crippen molar-refractivity contribution in [2.75, 3.05) is 23.8 Å². The van der Waals surface area contributed by atoms with E-state index >= 15 is 0 Å². The second-order valence-corrected chi connectivity index (χ2v) is 9.50. The summed E-state index contributed by atoms with van der Waals surface area (Å²) in [4.78, 5) is 30.6. The van der Waals surface area contributed by atoms with Gasteiger partial charge < -0.3 is 10.2 Å². The molecule has 0 atom stereocenters. The number of anilines is 2. The van der Waals surface area contributed by atoms with E-state index < -0.39 is 10.0 Å².